The van der Waals surface area contributed by atoms with Crippen LogP contribution in [0.1, 0.15) is 31.8 Å². The zero-order chi connectivity index (χ0) is 21.5. The number of carbonyl (C=O) groups is 2. The van der Waals surface area contributed by atoms with E-state index in [0.717, 1.165) is 20.1 Å². The van der Waals surface area contributed by atoms with Gasteiger partial charge < -0.3 is 15.4 Å². The first-order valence-corrected chi connectivity index (χ1v) is 10.8. The van der Waals surface area contributed by atoms with Crippen molar-refractivity contribution in [1.82, 2.24) is 10.6 Å². The third-order valence-corrected chi connectivity index (χ3v) is 5.38. The zero-order valence-electron chi connectivity index (χ0n) is 16.2. The molecule has 0 radical (unpaired) electrons. The number of ether oxygens (including phenoxy) is 1. The van der Waals surface area contributed by atoms with Crippen molar-refractivity contribution in [3.8, 4) is 5.75 Å². The maximum atomic E-state index is 12.7. The number of rotatable bonds is 7. The fraction of sp³-hybridized carbons (Fsp3) is 0.130. The number of benzene rings is 3. The Morgan fingerprint density at radius 1 is 0.800 bits per heavy atom. The molecule has 0 atom stereocenters. The lowest BCUT2D eigenvalue weighted by molar-refractivity contribution is 0.0948. The van der Waals surface area contributed by atoms with Crippen LogP contribution in [0, 0.1) is 0 Å². The molecule has 30 heavy (non-hydrogen) atoms. The van der Waals surface area contributed by atoms with E-state index >= 15 is 0 Å². The van der Waals surface area contributed by atoms with Gasteiger partial charge in [0.1, 0.15) is 5.75 Å². The van der Waals surface area contributed by atoms with E-state index in [1.165, 1.54) is 7.11 Å². The van der Waals surface area contributed by atoms with Gasteiger partial charge in [0.05, 0.1) is 12.7 Å². The lowest BCUT2D eigenvalue weighted by atomic mass is 10.1. The summed E-state index contributed by atoms with van der Waals surface area (Å²) in [6, 6.07) is 20.2. The molecule has 0 aromatic heterocycles. The summed E-state index contributed by atoms with van der Waals surface area (Å²) >= 11 is 6.84. The average Bonchev–Trinajstić information content (AvgIpc) is 2.75. The van der Waals surface area contributed by atoms with Gasteiger partial charge in [-0.05, 0) is 53.6 Å². The Hall–Kier alpha value is -2.64. The van der Waals surface area contributed by atoms with Gasteiger partial charge in [-0.15, -0.1) is 0 Å². The van der Waals surface area contributed by atoms with E-state index < -0.39 is 0 Å². The summed E-state index contributed by atoms with van der Waals surface area (Å²) in [6.07, 6.45) is 0. The fourth-order valence-corrected chi connectivity index (χ4v) is 3.78. The van der Waals surface area contributed by atoms with Gasteiger partial charge in [0.25, 0.3) is 11.8 Å². The van der Waals surface area contributed by atoms with E-state index in [4.69, 9.17) is 4.74 Å². The standard InChI is InChI=1S/C23H20Br2N2O3/c1-30-21-9-8-17(22(28)26-13-15-4-2-6-18(24)10-15)12-20(21)23(29)27-14-16-5-3-7-19(25)11-16/h2-12H,13-14H2,1H3,(H,26,28)(H,27,29). The highest BCUT2D eigenvalue weighted by atomic mass is 79.9. The maximum Gasteiger partial charge on any atom is 0.255 e. The van der Waals surface area contributed by atoms with Gasteiger partial charge in [0, 0.05) is 27.6 Å². The van der Waals surface area contributed by atoms with Crippen LogP contribution < -0.4 is 15.4 Å². The monoisotopic (exact) mass is 530 g/mol. The summed E-state index contributed by atoms with van der Waals surface area (Å²) in [5.41, 5.74) is 2.62. The number of nitrogens with one attached hydrogen (secondary N) is 2. The first-order chi connectivity index (χ1) is 14.5. The molecule has 154 valence electrons. The second-order valence-corrected chi connectivity index (χ2v) is 8.37. The Balaban J connectivity index is 1.70. The van der Waals surface area contributed by atoms with Gasteiger partial charge in [-0.1, -0.05) is 56.1 Å². The second-order valence-electron chi connectivity index (χ2n) is 6.54. The van der Waals surface area contributed by atoms with Crippen LogP contribution in [0.25, 0.3) is 0 Å². The van der Waals surface area contributed by atoms with Crippen LogP contribution in [-0.2, 0) is 13.1 Å². The maximum absolute atomic E-state index is 12.7. The van der Waals surface area contributed by atoms with Crippen LogP contribution in [0.3, 0.4) is 0 Å². The van der Waals surface area contributed by atoms with Crippen molar-refractivity contribution in [3.05, 3.63) is 97.9 Å². The van der Waals surface area contributed by atoms with Gasteiger partial charge in [-0.25, -0.2) is 0 Å². The molecule has 0 saturated carbocycles. The number of methoxy groups -OCH3 is 1. The normalized spacial score (nSPS) is 10.4. The molecule has 0 aliphatic heterocycles. The predicted octanol–water partition coefficient (Wildman–Crippen LogP) is 5.08. The van der Waals surface area contributed by atoms with Gasteiger partial charge >= 0.3 is 0 Å². The summed E-state index contributed by atoms with van der Waals surface area (Å²) in [5, 5.41) is 5.74. The minimum Gasteiger partial charge on any atom is -0.496 e. The van der Waals surface area contributed by atoms with Crippen LogP contribution in [0.4, 0.5) is 0 Å². The summed E-state index contributed by atoms with van der Waals surface area (Å²) in [7, 11) is 1.49. The van der Waals surface area contributed by atoms with Gasteiger partial charge in [-0.2, -0.15) is 0 Å². The summed E-state index contributed by atoms with van der Waals surface area (Å²) in [5.74, 6) is -0.169. The van der Waals surface area contributed by atoms with Crippen molar-refractivity contribution >= 4 is 43.7 Å². The molecule has 0 saturated heterocycles. The number of hydrogen-bond acceptors (Lipinski definition) is 3. The number of amides is 2. The molecule has 3 rings (SSSR count). The number of carbonyl (C=O) groups excluding carboxylic acids is 2. The van der Waals surface area contributed by atoms with Crippen molar-refractivity contribution in [2.24, 2.45) is 0 Å². The molecule has 3 aromatic carbocycles. The SMILES string of the molecule is COc1ccc(C(=O)NCc2cccc(Br)c2)cc1C(=O)NCc1cccc(Br)c1. The Labute approximate surface area is 192 Å². The van der Waals surface area contributed by atoms with E-state index in [9.17, 15) is 9.59 Å². The largest absolute Gasteiger partial charge is 0.496 e. The molecule has 0 heterocycles. The highest BCUT2D eigenvalue weighted by molar-refractivity contribution is 9.10. The minimum absolute atomic E-state index is 0.265. The van der Waals surface area contributed by atoms with Crippen LogP contribution in [0.5, 0.6) is 5.75 Å². The molecule has 2 amide bonds. The van der Waals surface area contributed by atoms with Crippen molar-refractivity contribution in [2.45, 2.75) is 13.1 Å². The van der Waals surface area contributed by atoms with E-state index in [1.54, 1.807) is 18.2 Å². The van der Waals surface area contributed by atoms with Crippen molar-refractivity contribution in [2.75, 3.05) is 7.11 Å². The van der Waals surface area contributed by atoms with E-state index in [1.807, 2.05) is 48.5 Å². The van der Waals surface area contributed by atoms with Crippen LogP contribution >= 0.6 is 31.9 Å². The molecule has 0 fully saturated rings. The third-order valence-electron chi connectivity index (χ3n) is 4.39. The molecule has 0 bridgehead atoms. The quantitative estimate of drug-likeness (QED) is 0.446. The highest BCUT2D eigenvalue weighted by Gasteiger charge is 2.16. The fourth-order valence-electron chi connectivity index (χ4n) is 2.88. The predicted molar refractivity (Wildman–Crippen MR) is 124 cm³/mol. The Morgan fingerprint density at radius 3 is 1.90 bits per heavy atom. The summed E-state index contributed by atoms with van der Waals surface area (Å²) < 4.78 is 7.20. The average molecular weight is 532 g/mol. The van der Waals surface area contributed by atoms with E-state index in [2.05, 4.69) is 42.5 Å². The van der Waals surface area contributed by atoms with Crippen molar-refractivity contribution < 1.29 is 14.3 Å². The Kier molecular flexibility index (Phi) is 7.65. The van der Waals surface area contributed by atoms with Crippen molar-refractivity contribution in [1.29, 1.82) is 0 Å². The Morgan fingerprint density at radius 2 is 1.37 bits per heavy atom. The molecule has 2 N–H and O–H groups in total. The molecule has 0 aliphatic rings. The van der Waals surface area contributed by atoms with Gasteiger partial charge in [-0.3, -0.25) is 9.59 Å². The van der Waals surface area contributed by atoms with Crippen LogP contribution in [0.2, 0.25) is 0 Å². The van der Waals surface area contributed by atoms with Gasteiger partial charge in [0.2, 0.25) is 0 Å². The van der Waals surface area contributed by atoms with Crippen LogP contribution in [0.15, 0.2) is 75.7 Å². The molecular weight excluding hydrogens is 512 g/mol. The lowest BCUT2D eigenvalue weighted by Crippen LogP contribution is -2.26. The van der Waals surface area contributed by atoms with E-state index in [0.29, 0.717) is 30.0 Å². The number of hydrogen-bond donors (Lipinski definition) is 2. The third kappa shape index (κ3) is 5.93. The van der Waals surface area contributed by atoms with Crippen molar-refractivity contribution in [3.63, 3.8) is 0 Å². The molecule has 0 unspecified atom stereocenters. The minimum atomic E-state index is -0.312. The molecule has 5 nitrogen and oxygen atoms in total. The van der Waals surface area contributed by atoms with E-state index in [-0.39, 0.29) is 11.8 Å². The Bertz CT molecular complexity index is 1070. The first-order valence-electron chi connectivity index (χ1n) is 9.19. The summed E-state index contributed by atoms with van der Waals surface area (Å²) in [6.45, 7) is 0.745. The second kappa shape index (κ2) is 10.4. The topological polar surface area (TPSA) is 67.4 Å². The summed E-state index contributed by atoms with van der Waals surface area (Å²) in [4.78, 5) is 25.3. The number of halogens is 2. The van der Waals surface area contributed by atoms with Crippen LogP contribution in [-0.4, -0.2) is 18.9 Å². The smallest absolute Gasteiger partial charge is 0.255 e. The molecular formula is C23H20Br2N2O3. The van der Waals surface area contributed by atoms with Gasteiger partial charge in [0.15, 0.2) is 0 Å². The highest BCUT2D eigenvalue weighted by Crippen LogP contribution is 2.21. The zero-order valence-corrected chi connectivity index (χ0v) is 19.4. The molecule has 3 aromatic rings. The molecule has 0 aliphatic carbocycles. The lowest BCUT2D eigenvalue weighted by Gasteiger charge is -2.12. The first kappa shape index (κ1) is 22.1. The molecule has 7 heteroatoms. The molecule has 0 spiro atoms.